The van der Waals surface area contributed by atoms with E-state index < -0.39 is 6.61 Å². The highest BCUT2D eigenvalue weighted by molar-refractivity contribution is 6.32. The first-order valence-electron chi connectivity index (χ1n) is 7.08. The number of nitrogens with one attached hydrogen (secondary N) is 1. The lowest BCUT2D eigenvalue weighted by molar-refractivity contribution is -0.0497. The number of hydrogen-bond donors (Lipinski definition) is 1. The lowest BCUT2D eigenvalue weighted by atomic mass is 9.95. The van der Waals surface area contributed by atoms with E-state index in [2.05, 4.69) is 23.9 Å². The van der Waals surface area contributed by atoms with Gasteiger partial charge in [-0.25, -0.2) is 0 Å². The SMILES string of the molecule is CC(C)C1CC(Nc2ccc(OC(F)F)c(Cl)c2)CCO1. The molecule has 2 rings (SSSR count). The summed E-state index contributed by atoms with van der Waals surface area (Å²) in [6.45, 7) is 2.13. The summed E-state index contributed by atoms with van der Waals surface area (Å²) in [5.41, 5.74) is 0.802. The summed E-state index contributed by atoms with van der Waals surface area (Å²) in [5, 5.41) is 3.55. The van der Waals surface area contributed by atoms with Gasteiger partial charge in [0.05, 0.1) is 11.1 Å². The summed E-state index contributed by atoms with van der Waals surface area (Å²) in [6.07, 6.45) is 2.08. The molecule has 2 atom stereocenters. The maximum atomic E-state index is 12.2. The smallest absolute Gasteiger partial charge is 0.387 e. The van der Waals surface area contributed by atoms with Gasteiger partial charge in [-0.2, -0.15) is 8.78 Å². The molecule has 1 heterocycles. The Morgan fingerprint density at radius 2 is 2.14 bits per heavy atom. The molecule has 0 bridgehead atoms. The maximum absolute atomic E-state index is 12.2. The third kappa shape index (κ3) is 4.71. The van der Waals surface area contributed by atoms with Crippen LogP contribution in [0.25, 0.3) is 0 Å². The Morgan fingerprint density at radius 1 is 1.38 bits per heavy atom. The number of benzene rings is 1. The van der Waals surface area contributed by atoms with E-state index in [0.29, 0.717) is 12.0 Å². The molecule has 0 aliphatic carbocycles. The van der Waals surface area contributed by atoms with Crippen LogP contribution in [0.3, 0.4) is 0 Å². The van der Waals surface area contributed by atoms with E-state index in [1.54, 1.807) is 12.1 Å². The first-order valence-corrected chi connectivity index (χ1v) is 7.46. The Hall–Kier alpha value is -1.07. The molecule has 1 N–H and O–H groups in total. The van der Waals surface area contributed by atoms with Gasteiger partial charge in [0.15, 0.2) is 0 Å². The predicted octanol–water partition coefficient (Wildman–Crippen LogP) is 4.56. The van der Waals surface area contributed by atoms with Crippen LogP contribution in [-0.2, 0) is 4.74 Å². The topological polar surface area (TPSA) is 30.5 Å². The van der Waals surface area contributed by atoms with Gasteiger partial charge < -0.3 is 14.8 Å². The summed E-state index contributed by atoms with van der Waals surface area (Å²) in [7, 11) is 0. The van der Waals surface area contributed by atoms with E-state index in [1.807, 2.05) is 0 Å². The second kappa shape index (κ2) is 7.27. The molecular weight excluding hydrogens is 300 g/mol. The quantitative estimate of drug-likeness (QED) is 0.863. The lowest BCUT2D eigenvalue weighted by Crippen LogP contribution is -2.36. The summed E-state index contributed by atoms with van der Waals surface area (Å²) >= 11 is 5.95. The monoisotopic (exact) mass is 319 g/mol. The molecule has 1 aliphatic rings. The van der Waals surface area contributed by atoms with Crippen LogP contribution in [0.15, 0.2) is 18.2 Å². The number of rotatable bonds is 5. The van der Waals surface area contributed by atoms with Crippen LogP contribution in [0.4, 0.5) is 14.5 Å². The van der Waals surface area contributed by atoms with Gasteiger partial charge in [-0.3, -0.25) is 0 Å². The number of hydrogen-bond acceptors (Lipinski definition) is 3. The summed E-state index contributed by atoms with van der Waals surface area (Å²) in [6, 6.07) is 5.06. The van der Waals surface area contributed by atoms with Crippen molar-refractivity contribution in [2.75, 3.05) is 11.9 Å². The molecule has 1 aromatic rings. The number of alkyl halides is 2. The van der Waals surface area contributed by atoms with Gasteiger partial charge in [-0.1, -0.05) is 25.4 Å². The predicted molar refractivity (Wildman–Crippen MR) is 79.3 cm³/mol. The van der Waals surface area contributed by atoms with Crippen LogP contribution >= 0.6 is 11.6 Å². The van der Waals surface area contributed by atoms with Crippen molar-refractivity contribution >= 4 is 17.3 Å². The third-order valence-electron chi connectivity index (χ3n) is 3.58. The van der Waals surface area contributed by atoms with Gasteiger partial charge >= 0.3 is 6.61 Å². The number of halogens is 3. The van der Waals surface area contributed by atoms with Crippen molar-refractivity contribution < 1.29 is 18.3 Å². The molecule has 2 unspecified atom stereocenters. The summed E-state index contributed by atoms with van der Waals surface area (Å²) < 4.78 is 34.4. The van der Waals surface area contributed by atoms with Crippen molar-refractivity contribution in [2.24, 2.45) is 5.92 Å². The third-order valence-corrected chi connectivity index (χ3v) is 3.87. The normalized spacial score (nSPS) is 22.6. The van der Waals surface area contributed by atoms with Crippen LogP contribution in [-0.4, -0.2) is 25.4 Å². The molecule has 21 heavy (non-hydrogen) atoms. The van der Waals surface area contributed by atoms with Gasteiger partial charge in [-0.05, 0) is 37.0 Å². The molecule has 1 aromatic carbocycles. The van der Waals surface area contributed by atoms with Gasteiger partial charge in [0.1, 0.15) is 5.75 Å². The lowest BCUT2D eigenvalue weighted by Gasteiger charge is -2.33. The zero-order valence-electron chi connectivity index (χ0n) is 12.1. The highest BCUT2D eigenvalue weighted by Crippen LogP contribution is 2.30. The number of anilines is 1. The van der Waals surface area contributed by atoms with Crippen molar-refractivity contribution in [3.8, 4) is 5.75 Å². The molecule has 1 aliphatic heterocycles. The van der Waals surface area contributed by atoms with Crippen LogP contribution < -0.4 is 10.1 Å². The molecule has 0 amide bonds. The zero-order chi connectivity index (χ0) is 15.4. The van der Waals surface area contributed by atoms with E-state index in [-0.39, 0.29) is 16.9 Å². The average molecular weight is 320 g/mol. The van der Waals surface area contributed by atoms with Gasteiger partial charge in [-0.15, -0.1) is 0 Å². The van der Waals surface area contributed by atoms with Crippen molar-refractivity contribution in [1.29, 1.82) is 0 Å². The minimum atomic E-state index is -2.87. The van der Waals surface area contributed by atoms with E-state index in [1.165, 1.54) is 6.07 Å². The standard InChI is InChI=1S/C15H20ClF2NO2/c1-9(2)14-8-11(5-6-20-14)19-10-3-4-13(12(16)7-10)21-15(17)18/h3-4,7,9,11,14-15,19H,5-6,8H2,1-2H3. The van der Waals surface area contributed by atoms with E-state index in [9.17, 15) is 8.78 Å². The van der Waals surface area contributed by atoms with Crippen molar-refractivity contribution in [1.82, 2.24) is 0 Å². The molecule has 0 saturated carbocycles. The average Bonchev–Trinajstić information content (AvgIpc) is 2.42. The fraction of sp³-hybridized carbons (Fsp3) is 0.600. The zero-order valence-corrected chi connectivity index (χ0v) is 12.9. The molecule has 118 valence electrons. The molecular formula is C15H20ClF2NO2. The highest BCUT2D eigenvalue weighted by atomic mass is 35.5. The molecule has 0 aromatic heterocycles. The summed E-state index contributed by atoms with van der Waals surface area (Å²) in [4.78, 5) is 0. The van der Waals surface area contributed by atoms with Crippen molar-refractivity contribution in [3.05, 3.63) is 23.2 Å². The van der Waals surface area contributed by atoms with Gasteiger partial charge in [0, 0.05) is 18.3 Å². The Balaban J connectivity index is 1.98. The largest absolute Gasteiger partial charge is 0.433 e. The highest BCUT2D eigenvalue weighted by Gasteiger charge is 2.24. The Kier molecular flexibility index (Phi) is 5.65. The van der Waals surface area contributed by atoms with Crippen molar-refractivity contribution in [2.45, 2.75) is 45.4 Å². The number of ether oxygens (including phenoxy) is 2. The molecule has 0 spiro atoms. The molecule has 6 heteroatoms. The second-order valence-corrected chi connectivity index (χ2v) is 5.95. The second-order valence-electron chi connectivity index (χ2n) is 5.54. The molecule has 0 radical (unpaired) electrons. The maximum Gasteiger partial charge on any atom is 0.387 e. The Bertz CT molecular complexity index is 471. The first-order chi connectivity index (χ1) is 9.95. The van der Waals surface area contributed by atoms with Crippen LogP contribution in [0.5, 0.6) is 5.75 Å². The van der Waals surface area contributed by atoms with Gasteiger partial charge in [0.2, 0.25) is 0 Å². The minimum Gasteiger partial charge on any atom is -0.433 e. The fourth-order valence-electron chi connectivity index (χ4n) is 2.44. The van der Waals surface area contributed by atoms with Crippen LogP contribution in [0, 0.1) is 5.92 Å². The van der Waals surface area contributed by atoms with Crippen molar-refractivity contribution in [3.63, 3.8) is 0 Å². The molecule has 1 saturated heterocycles. The van der Waals surface area contributed by atoms with Crippen LogP contribution in [0.1, 0.15) is 26.7 Å². The van der Waals surface area contributed by atoms with E-state index in [4.69, 9.17) is 16.3 Å². The molecule has 1 fully saturated rings. The molecule has 3 nitrogen and oxygen atoms in total. The Labute approximate surface area is 128 Å². The first kappa shape index (κ1) is 16.3. The fourth-order valence-corrected chi connectivity index (χ4v) is 2.67. The summed E-state index contributed by atoms with van der Waals surface area (Å²) in [5.74, 6) is 0.462. The minimum absolute atomic E-state index is 0.00995. The van der Waals surface area contributed by atoms with Crippen LogP contribution in [0.2, 0.25) is 5.02 Å². The Morgan fingerprint density at radius 3 is 2.76 bits per heavy atom. The van der Waals surface area contributed by atoms with Gasteiger partial charge in [0.25, 0.3) is 0 Å². The van der Waals surface area contributed by atoms with E-state index in [0.717, 1.165) is 25.1 Å². The van der Waals surface area contributed by atoms with E-state index >= 15 is 0 Å².